The van der Waals surface area contributed by atoms with Crippen LogP contribution >= 0.6 is 12.1 Å². The molecule has 2 rings (SSSR count). The predicted molar refractivity (Wildman–Crippen MR) is 79.3 cm³/mol. The minimum Gasteiger partial charge on any atom is -0.296 e. The van der Waals surface area contributed by atoms with E-state index in [9.17, 15) is 4.39 Å². The number of hydrogen-bond acceptors (Lipinski definition) is 4. The highest BCUT2D eigenvalue weighted by molar-refractivity contribution is 7.94. The van der Waals surface area contributed by atoms with Crippen molar-refractivity contribution in [2.75, 3.05) is 40.3 Å². The quantitative estimate of drug-likeness (QED) is 0.785. The van der Waals surface area contributed by atoms with Crippen LogP contribution in [0.3, 0.4) is 0 Å². The third kappa shape index (κ3) is 4.76. The Balaban J connectivity index is 1.85. The van der Waals surface area contributed by atoms with Crippen molar-refractivity contribution in [1.82, 2.24) is 13.5 Å². The number of rotatable bonds is 4. The van der Waals surface area contributed by atoms with Gasteiger partial charge in [0.25, 0.3) is 0 Å². The number of piperazine rings is 1. The maximum absolute atomic E-state index is 13.4. The maximum atomic E-state index is 13.4. The van der Waals surface area contributed by atoms with Gasteiger partial charge in [0, 0.05) is 44.9 Å². The molecule has 0 aliphatic carbocycles. The lowest BCUT2D eigenvalue weighted by molar-refractivity contribution is 0.187. The third-order valence-corrected chi connectivity index (χ3v) is 4.04. The molecule has 0 unspecified atom stereocenters. The average molecular weight is 283 g/mol. The topological polar surface area (TPSA) is 9.72 Å². The number of halogens is 1. The fourth-order valence-electron chi connectivity index (χ4n) is 2.36. The van der Waals surface area contributed by atoms with Crippen molar-refractivity contribution in [3.8, 4) is 0 Å². The number of nitrogens with zero attached hydrogens (tertiary/aromatic N) is 3. The first kappa shape index (κ1) is 14.8. The Labute approximate surface area is 119 Å². The molecule has 3 nitrogen and oxygen atoms in total. The van der Waals surface area contributed by atoms with Crippen LogP contribution < -0.4 is 0 Å². The first-order chi connectivity index (χ1) is 9.02. The van der Waals surface area contributed by atoms with Crippen LogP contribution in [0.4, 0.5) is 4.39 Å². The minimum atomic E-state index is -0.128. The summed E-state index contributed by atoms with van der Waals surface area (Å²) in [5.74, 6) is -0.128. The summed E-state index contributed by atoms with van der Waals surface area (Å²) in [5.41, 5.74) is 2.07. The Morgan fingerprint density at radius 3 is 2.42 bits per heavy atom. The zero-order valence-electron chi connectivity index (χ0n) is 11.9. The molecular formula is C14H22FN3S. The minimum absolute atomic E-state index is 0.128. The maximum Gasteiger partial charge on any atom is 0.123 e. The van der Waals surface area contributed by atoms with E-state index in [0.29, 0.717) is 0 Å². The largest absolute Gasteiger partial charge is 0.296 e. The van der Waals surface area contributed by atoms with Crippen molar-refractivity contribution in [1.29, 1.82) is 0 Å². The number of hydrogen-bond donors (Lipinski definition) is 0. The third-order valence-electron chi connectivity index (χ3n) is 3.12. The van der Waals surface area contributed by atoms with Crippen molar-refractivity contribution in [3.05, 3.63) is 35.1 Å². The summed E-state index contributed by atoms with van der Waals surface area (Å²) in [6.07, 6.45) is 0. The summed E-state index contributed by atoms with van der Waals surface area (Å²) in [6, 6.07) is 5.30. The van der Waals surface area contributed by atoms with Gasteiger partial charge in [-0.1, -0.05) is 6.07 Å². The zero-order valence-corrected chi connectivity index (χ0v) is 12.7. The van der Waals surface area contributed by atoms with Gasteiger partial charge in [-0.3, -0.25) is 4.90 Å². The van der Waals surface area contributed by atoms with E-state index >= 15 is 0 Å². The van der Waals surface area contributed by atoms with Gasteiger partial charge in [0.2, 0.25) is 0 Å². The second kappa shape index (κ2) is 6.70. The molecule has 106 valence electrons. The Hall–Kier alpha value is -0.620. The second-order valence-electron chi connectivity index (χ2n) is 5.24. The highest BCUT2D eigenvalue weighted by Gasteiger charge is 2.18. The van der Waals surface area contributed by atoms with Crippen LogP contribution in [0.1, 0.15) is 11.1 Å². The van der Waals surface area contributed by atoms with Crippen molar-refractivity contribution >= 4 is 12.1 Å². The highest BCUT2D eigenvalue weighted by Crippen LogP contribution is 2.17. The first-order valence-corrected chi connectivity index (χ1v) is 7.35. The molecule has 1 aromatic carbocycles. The van der Waals surface area contributed by atoms with E-state index in [2.05, 4.69) is 33.7 Å². The molecule has 0 bridgehead atoms. The van der Waals surface area contributed by atoms with Crippen molar-refractivity contribution in [2.45, 2.75) is 13.5 Å². The van der Waals surface area contributed by atoms with E-state index in [-0.39, 0.29) is 5.82 Å². The summed E-state index contributed by atoms with van der Waals surface area (Å²) in [6.45, 7) is 6.97. The van der Waals surface area contributed by atoms with E-state index in [0.717, 1.165) is 43.9 Å². The molecule has 1 fully saturated rings. The van der Waals surface area contributed by atoms with E-state index in [4.69, 9.17) is 0 Å². The van der Waals surface area contributed by atoms with Crippen molar-refractivity contribution in [2.24, 2.45) is 0 Å². The van der Waals surface area contributed by atoms with E-state index in [1.165, 1.54) is 0 Å². The van der Waals surface area contributed by atoms with Crippen molar-refractivity contribution in [3.63, 3.8) is 0 Å². The summed E-state index contributed by atoms with van der Waals surface area (Å²) >= 11 is 1.77. The zero-order chi connectivity index (χ0) is 13.8. The SMILES string of the molecule is Cc1cc(F)cc(CN2CCN(SN(C)C)CC2)c1. The summed E-state index contributed by atoms with van der Waals surface area (Å²) in [4.78, 5) is 2.39. The standard InChI is InChI=1S/C14H22FN3S/c1-12-8-13(10-14(15)9-12)11-17-4-6-18(7-5-17)19-16(2)3/h8-10H,4-7,11H2,1-3H3. The molecule has 1 aliphatic heterocycles. The molecule has 0 radical (unpaired) electrons. The van der Waals surface area contributed by atoms with Crippen LogP contribution in [0.2, 0.25) is 0 Å². The van der Waals surface area contributed by atoms with Gasteiger partial charge in [-0.05, 0) is 44.3 Å². The molecule has 1 heterocycles. The number of aryl methyl sites for hydroxylation is 1. The molecule has 1 aromatic rings. The lowest BCUT2D eigenvalue weighted by Crippen LogP contribution is -2.43. The van der Waals surface area contributed by atoms with Gasteiger partial charge in [-0.25, -0.2) is 13.0 Å². The van der Waals surface area contributed by atoms with Gasteiger partial charge in [0.05, 0.1) is 0 Å². The van der Waals surface area contributed by atoms with Gasteiger partial charge < -0.3 is 0 Å². The van der Waals surface area contributed by atoms with Crippen LogP contribution in [0.25, 0.3) is 0 Å². The normalized spacial score (nSPS) is 18.2. The molecule has 0 N–H and O–H groups in total. The average Bonchev–Trinajstić information content (AvgIpc) is 2.29. The number of benzene rings is 1. The summed E-state index contributed by atoms with van der Waals surface area (Å²) in [5, 5.41) is 0. The first-order valence-electron chi connectivity index (χ1n) is 6.62. The van der Waals surface area contributed by atoms with Gasteiger partial charge >= 0.3 is 0 Å². The van der Waals surface area contributed by atoms with Crippen LogP contribution in [0, 0.1) is 12.7 Å². The van der Waals surface area contributed by atoms with E-state index in [1.807, 2.05) is 6.92 Å². The van der Waals surface area contributed by atoms with Crippen molar-refractivity contribution < 1.29 is 4.39 Å². The molecule has 0 aromatic heterocycles. The highest BCUT2D eigenvalue weighted by atomic mass is 32.2. The van der Waals surface area contributed by atoms with Gasteiger partial charge in [-0.2, -0.15) is 0 Å². The monoisotopic (exact) mass is 283 g/mol. The lowest BCUT2D eigenvalue weighted by atomic mass is 10.1. The van der Waals surface area contributed by atoms with Crippen LogP contribution in [-0.4, -0.2) is 53.8 Å². The van der Waals surface area contributed by atoms with Gasteiger partial charge in [0.15, 0.2) is 0 Å². The van der Waals surface area contributed by atoms with Gasteiger partial charge in [0.1, 0.15) is 5.82 Å². The molecular weight excluding hydrogens is 261 g/mol. The molecule has 0 saturated carbocycles. The molecule has 0 atom stereocenters. The molecule has 0 spiro atoms. The molecule has 19 heavy (non-hydrogen) atoms. The summed E-state index contributed by atoms with van der Waals surface area (Å²) in [7, 11) is 4.12. The molecule has 1 saturated heterocycles. The molecule has 0 amide bonds. The van der Waals surface area contributed by atoms with E-state index in [1.54, 1.807) is 24.3 Å². The Bertz CT molecular complexity index is 397. The predicted octanol–water partition coefficient (Wildman–Crippen LogP) is 2.38. The smallest absolute Gasteiger partial charge is 0.123 e. The second-order valence-corrected chi connectivity index (χ2v) is 6.65. The van der Waals surface area contributed by atoms with E-state index < -0.39 is 0 Å². The molecule has 1 aliphatic rings. The van der Waals surface area contributed by atoms with Crippen LogP contribution in [0.15, 0.2) is 18.2 Å². The summed E-state index contributed by atoms with van der Waals surface area (Å²) < 4.78 is 17.8. The Kier molecular flexibility index (Phi) is 5.21. The Morgan fingerprint density at radius 1 is 1.16 bits per heavy atom. The van der Waals surface area contributed by atoms with Crippen LogP contribution in [-0.2, 0) is 6.54 Å². The molecule has 5 heteroatoms. The van der Waals surface area contributed by atoms with Gasteiger partial charge in [-0.15, -0.1) is 0 Å². The fourth-order valence-corrected chi connectivity index (χ4v) is 3.15. The Morgan fingerprint density at radius 2 is 1.84 bits per heavy atom. The van der Waals surface area contributed by atoms with Crippen LogP contribution in [0.5, 0.6) is 0 Å². The lowest BCUT2D eigenvalue weighted by Gasteiger charge is -2.34. The fraction of sp³-hybridized carbons (Fsp3) is 0.571.